The zero-order valence-electron chi connectivity index (χ0n) is 9.97. The van der Waals surface area contributed by atoms with Gasteiger partial charge in [-0.25, -0.2) is 0 Å². The summed E-state index contributed by atoms with van der Waals surface area (Å²) >= 11 is 0. The molecule has 1 aromatic rings. The highest BCUT2D eigenvalue weighted by Crippen LogP contribution is 2.29. The molecule has 17 heavy (non-hydrogen) atoms. The summed E-state index contributed by atoms with van der Waals surface area (Å²) in [7, 11) is 1.55. The number of rotatable bonds is 6. The van der Waals surface area contributed by atoms with E-state index in [1.54, 1.807) is 32.2 Å². The molecule has 0 aliphatic heterocycles. The van der Waals surface area contributed by atoms with Crippen molar-refractivity contribution in [3.05, 3.63) is 23.8 Å². The Morgan fingerprint density at radius 2 is 2.24 bits per heavy atom. The average Bonchev–Trinajstić information content (AvgIpc) is 2.28. The third kappa shape index (κ3) is 3.96. The van der Waals surface area contributed by atoms with Gasteiger partial charge in [0.15, 0.2) is 0 Å². The average molecular weight is 239 g/mol. The monoisotopic (exact) mass is 239 g/mol. The van der Waals surface area contributed by atoms with Gasteiger partial charge in [-0.2, -0.15) is 0 Å². The molecule has 0 aliphatic rings. The number of hydrogen-bond donors (Lipinski definition) is 2. The number of ether oxygens (including phenoxy) is 2. The van der Waals surface area contributed by atoms with E-state index in [9.17, 15) is 9.90 Å². The Morgan fingerprint density at radius 1 is 1.53 bits per heavy atom. The fourth-order valence-electron chi connectivity index (χ4n) is 1.37. The Bertz CT molecular complexity index is 390. The van der Waals surface area contributed by atoms with Crippen LogP contribution in [-0.2, 0) is 4.79 Å². The van der Waals surface area contributed by atoms with Crippen LogP contribution in [0.15, 0.2) is 18.2 Å². The molecule has 0 unspecified atom stereocenters. The first kappa shape index (κ1) is 13.3. The molecule has 5 nitrogen and oxygen atoms in total. The topological polar surface area (TPSA) is 81.8 Å². The normalized spacial score (nSPS) is 11.9. The van der Waals surface area contributed by atoms with Gasteiger partial charge in [0.2, 0.25) is 5.91 Å². The van der Waals surface area contributed by atoms with Crippen LogP contribution in [0.1, 0.15) is 25.0 Å². The molecular formula is C12H17NO4. The summed E-state index contributed by atoms with van der Waals surface area (Å²) in [6.45, 7) is 1.82. The summed E-state index contributed by atoms with van der Waals surface area (Å²) in [5.41, 5.74) is 5.67. The molecule has 0 radical (unpaired) electrons. The maximum atomic E-state index is 10.6. The molecule has 0 saturated heterocycles. The van der Waals surface area contributed by atoms with Crippen LogP contribution < -0.4 is 15.2 Å². The van der Waals surface area contributed by atoms with Crippen molar-refractivity contribution in [1.82, 2.24) is 0 Å². The first-order chi connectivity index (χ1) is 8.04. The van der Waals surface area contributed by atoms with Crippen LogP contribution in [0.25, 0.3) is 0 Å². The van der Waals surface area contributed by atoms with Crippen molar-refractivity contribution in [2.24, 2.45) is 5.73 Å². The number of benzene rings is 1. The number of primary amides is 1. The molecular weight excluding hydrogens is 222 g/mol. The highest BCUT2D eigenvalue weighted by Gasteiger charge is 2.10. The molecule has 0 bridgehead atoms. The molecule has 1 aromatic carbocycles. The summed E-state index contributed by atoms with van der Waals surface area (Å²) in [4.78, 5) is 10.6. The second-order valence-electron chi connectivity index (χ2n) is 3.64. The van der Waals surface area contributed by atoms with Gasteiger partial charge in [0.25, 0.3) is 0 Å². The van der Waals surface area contributed by atoms with Crippen LogP contribution in [0, 0.1) is 0 Å². The number of nitrogens with two attached hydrogens (primary N) is 1. The van der Waals surface area contributed by atoms with E-state index in [0.29, 0.717) is 17.1 Å². The summed E-state index contributed by atoms with van der Waals surface area (Å²) in [6.07, 6.45) is -0.513. The maximum absolute atomic E-state index is 10.6. The SMILES string of the molecule is COc1ccc([C@H](C)O)c(OCCC(N)=O)c1. The van der Waals surface area contributed by atoms with Gasteiger partial charge in [0.05, 0.1) is 26.2 Å². The lowest BCUT2D eigenvalue weighted by molar-refractivity contribution is -0.118. The highest BCUT2D eigenvalue weighted by molar-refractivity contribution is 5.73. The molecule has 0 spiro atoms. The second kappa shape index (κ2) is 6.10. The van der Waals surface area contributed by atoms with E-state index >= 15 is 0 Å². The number of methoxy groups -OCH3 is 1. The van der Waals surface area contributed by atoms with E-state index in [1.165, 1.54) is 0 Å². The van der Waals surface area contributed by atoms with E-state index in [0.717, 1.165) is 0 Å². The second-order valence-corrected chi connectivity index (χ2v) is 3.64. The van der Waals surface area contributed by atoms with Gasteiger partial charge in [-0.05, 0) is 19.1 Å². The quantitative estimate of drug-likeness (QED) is 0.776. The van der Waals surface area contributed by atoms with Gasteiger partial charge in [0.1, 0.15) is 11.5 Å². The minimum absolute atomic E-state index is 0.135. The van der Waals surface area contributed by atoms with Crippen LogP contribution in [-0.4, -0.2) is 24.7 Å². The maximum Gasteiger partial charge on any atom is 0.220 e. The lowest BCUT2D eigenvalue weighted by Gasteiger charge is -2.14. The van der Waals surface area contributed by atoms with Crippen LogP contribution in [0.2, 0.25) is 0 Å². The van der Waals surface area contributed by atoms with E-state index in [2.05, 4.69) is 0 Å². The van der Waals surface area contributed by atoms with Crippen molar-refractivity contribution in [3.8, 4) is 11.5 Å². The molecule has 0 aliphatic carbocycles. The van der Waals surface area contributed by atoms with E-state index < -0.39 is 12.0 Å². The van der Waals surface area contributed by atoms with Crippen molar-refractivity contribution in [2.45, 2.75) is 19.4 Å². The van der Waals surface area contributed by atoms with Crippen molar-refractivity contribution in [1.29, 1.82) is 0 Å². The summed E-state index contributed by atoms with van der Waals surface area (Å²) in [5, 5.41) is 9.56. The lowest BCUT2D eigenvalue weighted by atomic mass is 10.1. The smallest absolute Gasteiger partial charge is 0.220 e. The Kier molecular flexibility index (Phi) is 4.78. The Hall–Kier alpha value is -1.75. The molecule has 1 amide bonds. The van der Waals surface area contributed by atoms with Crippen molar-refractivity contribution >= 4 is 5.91 Å². The van der Waals surface area contributed by atoms with Crippen LogP contribution in [0.5, 0.6) is 11.5 Å². The minimum Gasteiger partial charge on any atom is -0.497 e. The molecule has 3 N–H and O–H groups in total. The predicted molar refractivity (Wildman–Crippen MR) is 62.9 cm³/mol. The van der Waals surface area contributed by atoms with Gasteiger partial charge in [-0.3, -0.25) is 4.79 Å². The molecule has 1 rings (SSSR count). The summed E-state index contributed by atoms with van der Waals surface area (Å²) in [5.74, 6) is 0.704. The molecule has 94 valence electrons. The van der Waals surface area contributed by atoms with Crippen molar-refractivity contribution in [2.75, 3.05) is 13.7 Å². The van der Waals surface area contributed by atoms with Gasteiger partial charge >= 0.3 is 0 Å². The minimum atomic E-state index is -0.649. The number of amides is 1. The lowest BCUT2D eigenvalue weighted by Crippen LogP contribution is -2.15. The van der Waals surface area contributed by atoms with Gasteiger partial charge < -0.3 is 20.3 Å². The number of aliphatic hydroxyl groups is 1. The predicted octanol–water partition coefficient (Wildman–Crippen LogP) is 1.00. The standard InChI is InChI=1S/C12H17NO4/c1-8(14)10-4-3-9(16-2)7-11(10)17-6-5-12(13)15/h3-4,7-8,14H,5-6H2,1-2H3,(H2,13,15)/t8-/m0/s1. The molecule has 1 atom stereocenters. The Labute approximate surface area is 100 Å². The third-order valence-corrected chi connectivity index (χ3v) is 2.28. The highest BCUT2D eigenvalue weighted by atomic mass is 16.5. The van der Waals surface area contributed by atoms with E-state index in [-0.39, 0.29) is 13.0 Å². The summed E-state index contributed by atoms with van der Waals surface area (Å²) in [6, 6.07) is 5.13. The van der Waals surface area contributed by atoms with Crippen molar-refractivity contribution < 1.29 is 19.4 Å². The van der Waals surface area contributed by atoms with E-state index in [1.807, 2.05) is 0 Å². The Balaban J connectivity index is 2.81. The number of hydrogen-bond acceptors (Lipinski definition) is 4. The van der Waals surface area contributed by atoms with Crippen LogP contribution in [0.3, 0.4) is 0 Å². The first-order valence-corrected chi connectivity index (χ1v) is 5.31. The molecule has 5 heteroatoms. The Morgan fingerprint density at radius 3 is 2.76 bits per heavy atom. The zero-order valence-corrected chi connectivity index (χ0v) is 9.97. The van der Waals surface area contributed by atoms with Crippen LogP contribution in [0.4, 0.5) is 0 Å². The van der Waals surface area contributed by atoms with Gasteiger partial charge in [-0.15, -0.1) is 0 Å². The zero-order chi connectivity index (χ0) is 12.8. The fourth-order valence-corrected chi connectivity index (χ4v) is 1.37. The largest absolute Gasteiger partial charge is 0.497 e. The van der Waals surface area contributed by atoms with Crippen molar-refractivity contribution in [3.63, 3.8) is 0 Å². The number of carbonyl (C=O) groups excluding carboxylic acids is 1. The molecule has 0 aromatic heterocycles. The van der Waals surface area contributed by atoms with Crippen LogP contribution >= 0.6 is 0 Å². The summed E-state index contributed by atoms with van der Waals surface area (Å²) < 4.78 is 10.5. The van der Waals surface area contributed by atoms with Gasteiger partial charge in [-0.1, -0.05) is 0 Å². The molecule has 0 heterocycles. The number of carbonyl (C=O) groups is 1. The first-order valence-electron chi connectivity index (χ1n) is 5.31. The van der Waals surface area contributed by atoms with Gasteiger partial charge in [0, 0.05) is 11.6 Å². The fraction of sp³-hybridized carbons (Fsp3) is 0.417. The van der Waals surface area contributed by atoms with E-state index in [4.69, 9.17) is 15.2 Å². The third-order valence-electron chi connectivity index (χ3n) is 2.28. The molecule has 0 saturated carbocycles. The number of aliphatic hydroxyl groups excluding tert-OH is 1. The molecule has 0 fully saturated rings.